The Hall–Kier alpha value is -5.78. The second-order valence-electron chi connectivity index (χ2n) is 11.9. The van der Waals surface area contributed by atoms with Gasteiger partial charge in [0.05, 0.1) is 22.3 Å². The van der Waals surface area contributed by atoms with Gasteiger partial charge in [-0.3, -0.25) is 0 Å². The topological polar surface area (TPSA) is 0 Å². The van der Waals surface area contributed by atoms with Crippen molar-refractivity contribution >= 4 is 48.6 Å². The van der Waals surface area contributed by atoms with Gasteiger partial charge in [-0.2, -0.15) is 52.7 Å². The Labute approximate surface area is 301 Å². The third kappa shape index (κ3) is 10.6. The highest BCUT2D eigenvalue weighted by Gasteiger charge is 2.32. The standard InChI is InChI=1S/C42H26F12/c43-39(44,45)35-17-5-27(6-18-35)1-13-31-25-33(15-3-29-9-21-37(22-10-29)41(49,50)51)34(16-4-30-11-23-38(24-12-30)42(52,53)54)26-32(31)14-2-28-7-19-36(20-8-28)40(46,47)48/h1-26H/b13-1+,14-2+,15-3+,16-4+. The van der Waals surface area contributed by atoms with Crippen LogP contribution in [-0.4, -0.2) is 0 Å². The summed E-state index contributed by atoms with van der Waals surface area (Å²) in [5.74, 6) is 0. The molecule has 0 aromatic heterocycles. The van der Waals surface area contributed by atoms with E-state index in [9.17, 15) is 52.7 Å². The molecule has 0 atom stereocenters. The number of hydrogen-bond acceptors (Lipinski definition) is 0. The van der Waals surface area contributed by atoms with Crippen molar-refractivity contribution in [3.05, 3.63) is 176 Å². The summed E-state index contributed by atoms with van der Waals surface area (Å²) in [5, 5.41) is 0. The van der Waals surface area contributed by atoms with E-state index in [1.54, 1.807) is 60.7 Å². The van der Waals surface area contributed by atoms with Crippen LogP contribution in [0, 0.1) is 0 Å². The monoisotopic (exact) mass is 758 g/mol. The molecule has 0 saturated heterocycles. The molecule has 0 aliphatic heterocycles. The van der Waals surface area contributed by atoms with Gasteiger partial charge in [0.25, 0.3) is 0 Å². The summed E-state index contributed by atoms with van der Waals surface area (Å²) >= 11 is 0. The molecule has 5 aromatic rings. The van der Waals surface area contributed by atoms with E-state index in [0.717, 1.165) is 48.5 Å². The Balaban J connectivity index is 1.61. The smallest absolute Gasteiger partial charge is 0.166 e. The van der Waals surface area contributed by atoms with Gasteiger partial charge in [-0.25, -0.2) is 0 Å². The van der Waals surface area contributed by atoms with Gasteiger partial charge in [-0.15, -0.1) is 0 Å². The van der Waals surface area contributed by atoms with Crippen LogP contribution in [-0.2, 0) is 24.7 Å². The second kappa shape index (κ2) is 15.7. The molecule has 0 heterocycles. The Kier molecular flexibility index (Phi) is 11.4. The largest absolute Gasteiger partial charge is 0.416 e. The van der Waals surface area contributed by atoms with Crippen molar-refractivity contribution < 1.29 is 52.7 Å². The van der Waals surface area contributed by atoms with E-state index in [1.165, 1.54) is 48.5 Å². The molecule has 0 radical (unpaired) electrons. The van der Waals surface area contributed by atoms with E-state index < -0.39 is 47.0 Å². The van der Waals surface area contributed by atoms with Crippen LogP contribution in [0.15, 0.2) is 109 Å². The summed E-state index contributed by atoms with van der Waals surface area (Å²) in [6.07, 6.45) is -5.57. The molecule has 0 fully saturated rings. The number of alkyl halides is 12. The molecule has 0 N–H and O–H groups in total. The lowest BCUT2D eigenvalue weighted by molar-refractivity contribution is -0.138. The third-order valence-corrected chi connectivity index (χ3v) is 8.06. The summed E-state index contributed by atoms with van der Waals surface area (Å²) in [4.78, 5) is 0. The Morgan fingerprint density at radius 2 is 0.407 bits per heavy atom. The molecule has 5 aromatic carbocycles. The molecule has 5 rings (SSSR count). The minimum absolute atomic E-state index is 0.411. The van der Waals surface area contributed by atoms with Crippen molar-refractivity contribution in [2.24, 2.45) is 0 Å². The minimum atomic E-state index is -4.55. The maximum absolute atomic E-state index is 13.1. The number of benzene rings is 5. The quantitative estimate of drug-likeness (QED) is 0.109. The van der Waals surface area contributed by atoms with E-state index in [0.29, 0.717) is 44.5 Å². The number of halogens is 12. The van der Waals surface area contributed by atoms with Crippen LogP contribution < -0.4 is 0 Å². The Morgan fingerprint density at radius 3 is 0.556 bits per heavy atom. The maximum Gasteiger partial charge on any atom is 0.416 e. The molecular formula is C42H26F12. The van der Waals surface area contributed by atoms with Crippen molar-refractivity contribution in [2.75, 3.05) is 0 Å². The molecule has 0 aliphatic carbocycles. The highest BCUT2D eigenvalue weighted by Crippen LogP contribution is 2.33. The van der Waals surface area contributed by atoms with E-state index in [-0.39, 0.29) is 0 Å². The van der Waals surface area contributed by atoms with Gasteiger partial charge in [0.2, 0.25) is 0 Å². The van der Waals surface area contributed by atoms with Crippen LogP contribution in [0.2, 0.25) is 0 Å². The summed E-state index contributed by atoms with van der Waals surface area (Å²) in [6.45, 7) is 0. The lowest BCUT2D eigenvalue weighted by atomic mass is 9.95. The summed E-state index contributed by atoms with van der Waals surface area (Å²) < 4.78 is 158. The molecule has 278 valence electrons. The van der Waals surface area contributed by atoms with E-state index >= 15 is 0 Å². The molecule has 0 bridgehead atoms. The van der Waals surface area contributed by atoms with Gasteiger partial charge >= 0.3 is 24.7 Å². The predicted molar refractivity (Wildman–Crippen MR) is 188 cm³/mol. The van der Waals surface area contributed by atoms with Crippen LogP contribution in [0.4, 0.5) is 52.7 Å². The summed E-state index contributed by atoms with van der Waals surface area (Å²) in [7, 11) is 0. The third-order valence-electron chi connectivity index (χ3n) is 8.06. The zero-order valence-corrected chi connectivity index (χ0v) is 27.5. The maximum atomic E-state index is 13.1. The molecule has 0 spiro atoms. The highest BCUT2D eigenvalue weighted by molar-refractivity contribution is 5.86. The first-order valence-corrected chi connectivity index (χ1v) is 15.9. The molecule has 0 amide bonds. The van der Waals surface area contributed by atoms with Crippen molar-refractivity contribution in [2.45, 2.75) is 24.7 Å². The molecule has 54 heavy (non-hydrogen) atoms. The van der Waals surface area contributed by atoms with Gasteiger partial charge in [0.15, 0.2) is 0 Å². The molecule has 0 nitrogen and oxygen atoms in total. The average molecular weight is 759 g/mol. The fourth-order valence-corrected chi connectivity index (χ4v) is 5.12. The Bertz CT molecular complexity index is 1840. The lowest BCUT2D eigenvalue weighted by Crippen LogP contribution is -2.04. The van der Waals surface area contributed by atoms with E-state index in [2.05, 4.69) is 0 Å². The first kappa shape index (κ1) is 39.4. The minimum Gasteiger partial charge on any atom is -0.166 e. The zero-order valence-electron chi connectivity index (χ0n) is 27.5. The van der Waals surface area contributed by atoms with Crippen molar-refractivity contribution in [1.29, 1.82) is 0 Å². The zero-order chi connectivity index (χ0) is 39.3. The van der Waals surface area contributed by atoms with Gasteiger partial charge in [0.1, 0.15) is 0 Å². The van der Waals surface area contributed by atoms with Crippen molar-refractivity contribution in [3.63, 3.8) is 0 Å². The predicted octanol–water partition coefficient (Wildman–Crippen LogP) is 14.4. The van der Waals surface area contributed by atoms with Gasteiger partial charge < -0.3 is 0 Å². The summed E-state index contributed by atoms with van der Waals surface area (Å²) in [6, 6.07) is 20.8. The first-order chi connectivity index (χ1) is 25.3. The van der Waals surface area contributed by atoms with Crippen LogP contribution >= 0.6 is 0 Å². The number of rotatable bonds is 8. The van der Waals surface area contributed by atoms with E-state index in [1.807, 2.05) is 0 Å². The van der Waals surface area contributed by atoms with Gasteiger partial charge in [-0.1, -0.05) is 97.1 Å². The normalized spacial score (nSPS) is 13.3. The summed E-state index contributed by atoms with van der Waals surface area (Å²) in [5.41, 5.74) is 0.242. The molecule has 0 aliphatic rings. The SMILES string of the molecule is FC(F)(F)c1ccc(/C=C/c2cc(/C=C/c3ccc(C(F)(F)F)cc3)c(/C=C/c3ccc(C(F)(F)F)cc3)cc2/C=C/c2ccc(C(F)(F)F)cc2)cc1. The molecule has 0 unspecified atom stereocenters. The molecule has 0 saturated carbocycles. The van der Waals surface area contributed by atoms with Gasteiger partial charge in [-0.05, 0) is 105 Å². The van der Waals surface area contributed by atoms with Crippen molar-refractivity contribution in [1.82, 2.24) is 0 Å². The molecular weight excluding hydrogens is 732 g/mol. The van der Waals surface area contributed by atoms with Crippen molar-refractivity contribution in [3.8, 4) is 0 Å². The molecule has 12 heteroatoms. The Morgan fingerprint density at radius 1 is 0.241 bits per heavy atom. The average Bonchev–Trinajstić information content (AvgIpc) is 3.11. The van der Waals surface area contributed by atoms with Crippen LogP contribution in [0.3, 0.4) is 0 Å². The fraction of sp³-hybridized carbons (Fsp3) is 0.0952. The lowest BCUT2D eigenvalue weighted by Gasteiger charge is -2.11. The van der Waals surface area contributed by atoms with Crippen LogP contribution in [0.5, 0.6) is 0 Å². The van der Waals surface area contributed by atoms with Crippen LogP contribution in [0.1, 0.15) is 66.8 Å². The second-order valence-corrected chi connectivity index (χ2v) is 11.9. The fourth-order valence-electron chi connectivity index (χ4n) is 5.12. The van der Waals surface area contributed by atoms with Crippen LogP contribution in [0.25, 0.3) is 48.6 Å². The first-order valence-electron chi connectivity index (χ1n) is 15.9. The highest BCUT2D eigenvalue weighted by atomic mass is 19.4. The van der Waals surface area contributed by atoms with E-state index in [4.69, 9.17) is 0 Å². The van der Waals surface area contributed by atoms with Gasteiger partial charge in [0, 0.05) is 0 Å². The number of hydrogen-bond donors (Lipinski definition) is 0.